The average molecular weight is 346 g/mol. The summed E-state index contributed by atoms with van der Waals surface area (Å²) >= 11 is 0. The van der Waals surface area contributed by atoms with Crippen LogP contribution < -0.4 is 9.47 Å². The second kappa shape index (κ2) is 7.63. The normalized spacial score (nSPS) is 17.1. The Morgan fingerprint density at radius 2 is 1.81 bits per heavy atom. The first-order chi connectivity index (χ1) is 12.7. The van der Waals surface area contributed by atoms with E-state index in [-0.39, 0.29) is 19.1 Å². The van der Waals surface area contributed by atoms with Gasteiger partial charge >= 0.3 is 0 Å². The van der Waals surface area contributed by atoms with Gasteiger partial charge in [-0.2, -0.15) is 0 Å². The van der Waals surface area contributed by atoms with Gasteiger partial charge in [0.2, 0.25) is 0 Å². The maximum absolute atomic E-state index is 12.6. The lowest BCUT2D eigenvalue weighted by atomic mass is 10.0. The summed E-state index contributed by atoms with van der Waals surface area (Å²) in [5.41, 5.74) is 2.80. The molecule has 0 atom stereocenters. The number of rotatable bonds is 5. The van der Waals surface area contributed by atoms with E-state index in [1.165, 1.54) is 0 Å². The summed E-state index contributed by atoms with van der Waals surface area (Å²) in [7, 11) is 1.76. The molecule has 1 aliphatic carbocycles. The molecule has 0 bridgehead atoms. The van der Waals surface area contributed by atoms with Crippen molar-refractivity contribution in [2.75, 3.05) is 20.3 Å². The van der Waals surface area contributed by atoms with E-state index in [4.69, 9.17) is 22.3 Å². The minimum Gasteiger partial charge on any atom is -0.477 e. The smallest absolute Gasteiger partial charge is 0.277 e. The number of fused-ring (bicyclic) bond motifs is 1. The van der Waals surface area contributed by atoms with Crippen LogP contribution in [0.4, 0.5) is 5.69 Å². The monoisotopic (exact) mass is 346 g/mol. The minimum atomic E-state index is -0.122. The molecule has 1 amide bonds. The van der Waals surface area contributed by atoms with Gasteiger partial charge in [-0.3, -0.25) is 4.79 Å². The van der Waals surface area contributed by atoms with Gasteiger partial charge in [0.1, 0.15) is 18.9 Å². The molecule has 26 heavy (non-hydrogen) atoms. The number of amides is 1. The number of hydrogen-bond donors (Lipinski definition) is 0. The van der Waals surface area contributed by atoms with E-state index < -0.39 is 0 Å². The number of likely N-dealkylation sites (tertiary alicyclic amines) is 1. The molecule has 5 nitrogen and oxygen atoms in total. The predicted octanol–water partition coefficient (Wildman–Crippen LogP) is 2.86. The van der Waals surface area contributed by atoms with E-state index in [1.54, 1.807) is 30.1 Å². The Kier molecular flexibility index (Phi) is 5.10. The molecule has 1 saturated heterocycles. The molecule has 3 rings (SSSR count). The summed E-state index contributed by atoms with van der Waals surface area (Å²) in [6, 6.07) is 5.15. The molecular formula is C21H18N2O3. The number of allylic oxidation sites excluding steroid dienone is 3. The molecule has 1 aromatic rings. The van der Waals surface area contributed by atoms with Crippen molar-refractivity contribution in [1.29, 1.82) is 0 Å². The lowest BCUT2D eigenvalue weighted by Crippen LogP contribution is -2.21. The zero-order valence-electron chi connectivity index (χ0n) is 14.5. The first-order valence-corrected chi connectivity index (χ1v) is 8.20. The Bertz CT molecular complexity index is 910. The molecule has 0 radical (unpaired) electrons. The lowest BCUT2D eigenvalue weighted by molar-refractivity contribution is -0.120. The van der Waals surface area contributed by atoms with Crippen LogP contribution >= 0.6 is 0 Å². The third-order valence-electron chi connectivity index (χ3n) is 4.04. The van der Waals surface area contributed by atoms with Crippen molar-refractivity contribution in [3.63, 3.8) is 0 Å². The molecule has 5 heteroatoms. The van der Waals surface area contributed by atoms with Crippen molar-refractivity contribution in [2.45, 2.75) is 12.8 Å². The maximum atomic E-state index is 12.6. The van der Waals surface area contributed by atoms with Gasteiger partial charge in [0, 0.05) is 24.4 Å². The number of nitrogens with zero attached hydrogens (tertiary/aromatic N) is 2. The van der Waals surface area contributed by atoms with Crippen LogP contribution in [0.25, 0.3) is 0 Å². The average Bonchev–Trinajstić information content (AvgIpc) is 2.91. The number of hydrogen-bond acceptors (Lipinski definition) is 4. The lowest BCUT2D eigenvalue weighted by Gasteiger charge is -2.12. The summed E-state index contributed by atoms with van der Waals surface area (Å²) in [6.45, 7) is 0.205. The van der Waals surface area contributed by atoms with Crippen molar-refractivity contribution in [3.05, 3.63) is 41.6 Å². The fraction of sp³-hybridized carbons (Fsp3) is 0.238. The number of carbonyl (C=O) groups excluding carboxylic acids is 1. The Hall–Kier alpha value is -3.44. The van der Waals surface area contributed by atoms with Crippen LogP contribution in [0.3, 0.4) is 0 Å². The van der Waals surface area contributed by atoms with Gasteiger partial charge in [-0.15, -0.1) is 12.8 Å². The molecule has 1 aromatic carbocycles. The van der Waals surface area contributed by atoms with E-state index in [1.807, 2.05) is 0 Å². The Morgan fingerprint density at radius 1 is 1.12 bits per heavy atom. The molecule has 1 aliphatic heterocycles. The van der Waals surface area contributed by atoms with Gasteiger partial charge in [0.25, 0.3) is 5.91 Å². The highest BCUT2D eigenvalue weighted by atomic mass is 16.5. The third-order valence-corrected chi connectivity index (χ3v) is 4.04. The van der Waals surface area contributed by atoms with Crippen LogP contribution in [0.2, 0.25) is 0 Å². The van der Waals surface area contributed by atoms with Crippen molar-refractivity contribution in [2.24, 2.45) is 4.99 Å². The molecule has 0 N–H and O–H groups in total. The second-order valence-electron chi connectivity index (χ2n) is 5.73. The summed E-state index contributed by atoms with van der Waals surface area (Å²) in [4.78, 5) is 18.7. The summed E-state index contributed by atoms with van der Waals surface area (Å²) in [6.07, 6.45) is 16.4. The Balaban J connectivity index is 1.96. The van der Waals surface area contributed by atoms with Crippen LogP contribution in [-0.4, -0.2) is 36.8 Å². The second-order valence-corrected chi connectivity index (χ2v) is 5.73. The molecule has 0 spiro atoms. The minimum absolute atomic E-state index is 0.0894. The highest BCUT2D eigenvalue weighted by Gasteiger charge is 2.35. The van der Waals surface area contributed by atoms with E-state index in [2.05, 4.69) is 29.0 Å². The van der Waals surface area contributed by atoms with Gasteiger partial charge in [0.05, 0.1) is 5.69 Å². The topological polar surface area (TPSA) is 51.1 Å². The van der Waals surface area contributed by atoms with Crippen LogP contribution in [-0.2, 0) is 4.79 Å². The van der Waals surface area contributed by atoms with Crippen LogP contribution in [0.15, 0.2) is 46.6 Å². The van der Waals surface area contributed by atoms with Gasteiger partial charge < -0.3 is 14.4 Å². The molecule has 0 unspecified atom stereocenters. The number of likely N-dealkylation sites (N-methyl/N-ethyl adjacent to an activating group) is 1. The van der Waals surface area contributed by atoms with E-state index >= 15 is 0 Å². The molecule has 0 aromatic heterocycles. The fourth-order valence-corrected chi connectivity index (χ4v) is 2.86. The van der Waals surface area contributed by atoms with Crippen LogP contribution in [0.1, 0.15) is 12.8 Å². The van der Waals surface area contributed by atoms with Crippen LogP contribution in [0.5, 0.6) is 11.5 Å². The zero-order chi connectivity index (χ0) is 18.5. The SMILES string of the molecule is C#CCOc1ccc(/N=C2/C(=O)N(C)C3=CCCC=C32)cc1OCC#C. The summed E-state index contributed by atoms with van der Waals surface area (Å²) < 4.78 is 11.0. The van der Waals surface area contributed by atoms with E-state index in [9.17, 15) is 4.79 Å². The number of benzene rings is 1. The number of carbonyl (C=O) groups is 1. The highest BCUT2D eigenvalue weighted by molar-refractivity contribution is 6.50. The van der Waals surface area contributed by atoms with Gasteiger partial charge in [0.15, 0.2) is 11.5 Å². The third kappa shape index (κ3) is 3.34. The van der Waals surface area contributed by atoms with Crippen molar-refractivity contribution >= 4 is 17.3 Å². The molecule has 0 saturated carbocycles. The standard InChI is InChI=1S/C21H18N2O3/c1-4-12-25-18-11-10-15(14-19(18)26-13-5-2)22-20-16-8-6-7-9-17(16)23(3)21(20)24/h1-2,8-11,14H,6-7,12-13H2,3H3/b22-20+. The quantitative estimate of drug-likeness (QED) is 0.771. The fourth-order valence-electron chi connectivity index (χ4n) is 2.86. The first-order valence-electron chi connectivity index (χ1n) is 8.20. The Labute approximate surface area is 153 Å². The summed E-state index contributed by atoms with van der Waals surface area (Å²) in [5, 5.41) is 0. The van der Waals surface area contributed by atoms with Crippen molar-refractivity contribution in [3.8, 4) is 36.2 Å². The molecule has 1 fully saturated rings. The molecule has 2 aliphatic rings. The van der Waals surface area contributed by atoms with E-state index in [0.717, 1.165) is 24.1 Å². The number of aliphatic imine (C=N–C) groups is 1. The molecular weight excluding hydrogens is 328 g/mol. The predicted molar refractivity (Wildman–Crippen MR) is 100 cm³/mol. The number of terminal acetylenes is 2. The Morgan fingerprint density at radius 3 is 2.54 bits per heavy atom. The van der Waals surface area contributed by atoms with Gasteiger partial charge in [-0.05, 0) is 25.0 Å². The van der Waals surface area contributed by atoms with Crippen molar-refractivity contribution < 1.29 is 14.3 Å². The number of ether oxygens (including phenoxy) is 2. The maximum Gasteiger partial charge on any atom is 0.277 e. The zero-order valence-corrected chi connectivity index (χ0v) is 14.5. The first kappa shape index (κ1) is 17.4. The summed E-state index contributed by atoms with van der Waals surface area (Å²) in [5.74, 6) is 5.61. The van der Waals surface area contributed by atoms with Gasteiger partial charge in [-0.25, -0.2) is 4.99 Å². The van der Waals surface area contributed by atoms with Gasteiger partial charge in [-0.1, -0.05) is 24.0 Å². The van der Waals surface area contributed by atoms with E-state index in [0.29, 0.717) is 22.9 Å². The highest BCUT2D eigenvalue weighted by Crippen LogP contribution is 2.35. The molecule has 130 valence electrons. The molecule has 1 heterocycles. The van der Waals surface area contributed by atoms with Crippen molar-refractivity contribution in [1.82, 2.24) is 4.90 Å². The largest absolute Gasteiger partial charge is 0.477 e. The van der Waals surface area contributed by atoms with Crippen LogP contribution in [0, 0.1) is 24.7 Å².